The van der Waals surface area contributed by atoms with E-state index < -0.39 is 28.5 Å². The number of methoxy groups -OCH3 is 1. The van der Waals surface area contributed by atoms with E-state index in [2.05, 4.69) is 37.2 Å². The van der Waals surface area contributed by atoms with Crippen molar-refractivity contribution in [3.05, 3.63) is 123 Å². The fourth-order valence-corrected chi connectivity index (χ4v) is 8.68. The van der Waals surface area contributed by atoms with Crippen molar-refractivity contribution in [3.8, 4) is 5.75 Å². The molecule has 8 nitrogen and oxygen atoms in total. The van der Waals surface area contributed by atoms with Gasteiger partial charge in [-0.15, -0.1) is 0 Å². The highest BCUT2D eigenvalue weighted by Gasteiger charge is 2.35. The predicted molar refractivity (Wildman–Crippen MR) is 200 cm³/mol. The van der Waals surface area contributed by atoms with E-state index in [1.165, 1.54) is 24.1 Å². The van der Waals surface area contributed by atoms with Gasteiger partial charge in [-0.05, 0) is 89.3 Å². The molecule has 0 heterocycles. The first kappa shape index (κ1) is 36.6. The van der Waals surface area contributed by atoms with Crippen LogP contribution in [-0.4, -0.2) is 50.9 Å². The molecule has 0 aromatic heterocycles. The molecule has 49 heavy (non-hydrogen) atoms. The van der Waals surface area contributed by atoms with Crippen LogP contribution in [0.1, 0.15) is 48.8 Å². The Bertz CT molecular complexity index is 1850. The zero-order valence-electron chi connectivity index (χ0n) is 27.6. The molecule has 0 radical (unpaired) electrons. The first-order valence-corrected chi connectivity index (χ1v) is 19.4. The van der Waals surface area contributed by atoms with Crippen molar-refractivity contribution < 1.29 is 22.7 Å². The van der Waals surface area contributed by atoms with Gasteiger partial charge in [0.15, 0.2) is 0 Å². The molecule has 2 amide bonds. The maximum atomic E-state index is 14.8. The fraction of sp³-hybridized carbons (Fsp3) is 0.316. The number of sulfonamides is 1. The maximum Gasteiger partial charge on any atom is 0.264 e. The van der Waals surface area contributed by atoms with Crippen LogP contribution in [0.2, 0.25) is 0 Å². The van der Waals surface area contributed by atoms with Gasteiger partial charge in [0, 0.05) is 23.5 Å². The molecular weight excluding hydrogens is 770 g/mol. The quantitative estimate of drug-likeness (QED) is 0.149. The highest BCUT2D eigenvalue weighted by Crippen LogP contribution is 2.31. The molecule has 4 aromatic carbocycles. The summed E-state index contributed by atoms with van der Waals surface area (Å²) in [4.78, 5) is 30.5. The molecule has 11 heteroatoms. The summed E-state index contributed by atoms with van der Waals surface area (Å²) in [6, 6.07) is 27.8. The number of carbonyl (C=O) groups is 2. The van der Waals surface area contributed by atoms with Crippen LogP contribution in [-0.2, 0) is 32.6 Å². The van der Waals surface area contributed by atoms with Crippen molar-refractivity contribution in [3.63, 3.8) is 0 Å². The summed E-state index contributed by atoms with van der Waals surface area (Å²) >= 11 is 6.94. The Morgan fingerprint density at radius 1 is 0.878 bits per heavy atom. The number of halogens is 2. The van der Waals surface area contributed by atoms with E-state index >= 15 is 0 Å². The molecule has 1 saturated carbocycles. The van der Waals surface area contributed by atoms with Crippen LogP contribution in [0, 0.1) is 6.92 Å². The van der Waals surface area contributed by atoms with Crippen molar-refractivity contribution in [2.45, 2.75) is 69.0 Å². The third-order valence-electron chi connectivity index (χ3n) is 8.78. The normalized spacial score (nSPS) is 14.1. The number of nitrogens with one attached hydrogen (secondary N) is 1. The molecule has 0 aliphatic heterocycles. The monoisotopic (exact) mass is 809 g/mol. The summed E-state index contributed by atoms with van der Waals surface area (Å²) in [7, 11) is -2.76. The fourth-order valence-electron chi connectivity index (χ4n) is 6.10. The van der Waals surface area contributed by atoms with Gasteiger partial charge in [-0.25, -0.2) is 8.42 Å². The number of rotatable bonds is 13. The third kappa shape index (κ3) is 9.52. The molecule has 1 fully saturated rings. The highest BCUT2D eigenvalue weighted by atomic mass is 79.9. The molecule has 5 rings (SSSR count). The van der Waals surface area contributed by atoms with E-state index in [0.29, 0.717) is 15.9 Å². The number of benzene rings is 4. The predicted octanol–water partition coefficient (Wildman–Crippen LogP) is 7.81. The molecular formula is C38H41Br2N3O5S. The second kappa shape index (κ2) is 16.8. The van der Waals surface area contributed by atoms with E-state index in [4.69, 9.17) is 4.74 Å². The van der Waals surface area contributed by atoms with Crippen molar-refractivity contribution in [2.75, 3.05) is 18.0 Å². The molecule has 1 unspecified atom stereocenters. The number of carbonyl (C=O) groups excluding carboxylic acids is 2. The Kier molecular flexibility index (Phi) is 12.6. The molecule has 1 aliphatic rings. The molecule has 258 valence electrons. The lowest BCUT2D eigenvalue weighted by Crippen LogP contribution is -2.55. The van der Waals surface area contributed by atoms with Crippen LogP contribution < -0.4 is 14.4 Å². The lowest BCUT2D eigenvalue weighted by Gasteiger charge is -2.35. The molecule has 0 saturated heterocycles. The summed E-state index contributed by atoms with van der Waals surface area (Å²) in [5.74, 6) is -0.274. The van der Waals surface area contributed by atoms with E-state index in [9.17, 15) is 18.0 Å². The number of amides is 2. The largest absolute Gasteiger partial charge is 0.496 e. The Morgan fingerprint density at radius 2 is 1.57 bits per heavy atom. The van der Waals surface area contributed by atoms with E-state index in [1.54, 1.807) is 30.3 Å². The summed E-state index contributed by atoms with van der Waals surface area (Å²) in [6.45, 7) is 1.49. The van der Waals surface area contributed by atoms with E-state index in [1.807, 2.05) is 61.5 Å². The van der Waals surface area contributed by atoms with Crippen LogP contribution >= 0.6 is 31.9 Å². The summed E-state index contributed by atoms with van der Waals surface area (Å²) in [6.07, 6.45) is 5.27. The average molecular weight is 812 g/mol. The number of nitrogens with zero attached hydrogens (tertiary/aromatic N) is 2. The number of hydrogen-bond acceptors (Lipinski definition) is 5. The lowest BCUT2D eigenvalue weighted by atomic mass is 9.94. The number of ether oxygens (including phenoxy) is 1. The van der Waals surface area contributed by atoms with Crippen LogP contribution in [0.3, 0.4) is 0 Å². The van der Waals surface area contributed by atoms with Gasteiger partial charge in [-0.2, -0.15) is 0 Å². The second-order valence-electron chi connectivity index (χ2n) is 12.3. The van der Waals surface area contributed by atoms with Gasteiger partial charge in [0.25, 0.3) is 10.0 Å². The third-order valence-corrected chi connectivity index (χ3v) is 11.7. The minimum absolute atomic E-state index is 0.0111. The molecule has 1 N–H and O–H groups in total. The molecule has 1 atom stereocenters. The van der Waals surface area contributed by atoms with Crippen molar-refractivity contribution in [1.82, 2.24) is 10.2 Å². The van der Waals surface area contributed by atoms with Gasteiger partial charge in [0.1, 0.15) is 18.3 Å². The first-order chi connectivity index (χ1) is 23.5. The van der Waals surface area contributed by atoms with Gasteiger partial charge in [-0.3, -0.25) is 13.9 Å². The SMILES string of the molecule is COc1ccc(S(=O)(=O)N(CC(=O)N(Cc2cccc(Br)c2)C(Cc2ccccc2)C(=O)NC2CCCCC2)c2ccc(C)cc2)cc1Br. The minimum Gasteiger partial charge on any atom is -0.496 e. The number of anilines is 1. The second-order valence-corrected chi connectivity index (χ2v) is 16.0. The summed E-state index contributed by atoms with van der Waals surface area (Å²) < 4.78 is 36.5. The zero-order valence-corrected chi connectivity index (χ0v) is 31.6. The van der Waals surface area contributed by atoms with Crippen LogP contribution in [0.5, 0.6) is 5.75 Å². The Morgan fingerprint density at radius 3 is 2.22 bits per heavy atom. The highest BCUT2D eigenvalue weighted by molar-refractivity contribution is 9.10. The van der Waals surface area contributed by atoms with E-state index in [0.717, 1.165) is 57.6 Å². The summed E-state index contributed by atoms with van der Waals surface area (Å²) in [5, 5.41) is 3.25. The zero-order chi connectivity index (χ0) is 35.0. The standard InChI is InChI=1S/C38H41Br2N3O5S/c1-27-16-18-32(19-17-27)43(49(46,47)33-20-21-36(48-2)34(40)24-33)26-37(44)42(25-29-12-9-13-30(39)22-29)35(23-28-10-5-3-6-11-28)38(45)41-31-14-7-4-8-15-31/h3,5-6,9-13,16-22,24,31,35H,4,7-8,14-15,23,25-26H2,1-2H3,(H,41,45). The Labute approximate surface area is 306 Å². The smallest absolute Gasteiger partial charge is 0.264 e. The van der Waals surface area contributed by atoms with Crippen molar-refractivity contribution in [2.24, 2.45) is 0 Å². The number of aryl methyl sites for hydroxylation is 1. The van der Waals surface area contributed by atoms with Crippen LogP contribution in [0.4, 0.5) is 5.69 Å². The molecule has 0 spiro atoms. The van der Waals surface area contributed by atoms with Gasteiger partial charge >= 0.3 is 0 Å². The van der Waals surface area contributed by atoms with E-state index in [-0.39, 0.29) is 29.8 Å². The Hall–Kier alpha value is -3.67. The lowest BCUT2D eigenvalue weighted by molar-refractivity contribution is -0.140. The molecule has 0 bridgehead atoms. The van der Waals surface area contributed by atoms with Crippen LogP contribution in [0.25, 0.3) is 0 Å². The van der Waals surface area contributed by atoms with Gasteiger partial charge in [0.2, 0.25) is 11.8 Å². The molecule has 4 aromatic rings. The number of hydrogen-bond donors (Lipinski definition) is 1. The molecule has 1 aliphatic carbocycles. The Balaban J connectivity index is 1.57. The van der Waals surface area contributed by atoms with Crippen molar-refractivity contribution in [1.29, 1.82) is 0 Å². The van der Waals surface area contributed by atoms with Gasteiger partial charge < -0.3 is 15.0 Å². The average Bonchev–Trinajstić information content (AvgIpc) is 3.10. The minimum atomic E-state index is -4.26. The summed E-state index contributed by atoms with van der Waals surface area (Å²) in [5.41, 5.74) is 2.97. The van der Waals surface area contributed by atoms with Gasteiger partial charge in [0.05, 0.1) is 22.2 Å². The first-order valence-electron chi connectivity index (χ1n) is 16.4. The van der Waals surface area contributed by atoms with Gasteiger partial charge in [-0.1, -0.05) is 95.4 Å². The topological polar surface area (TPSA) is 96.0 Å². The van der Waals surface area contributed by atoms with Crippen LogP contribution in [0.15, 0.2) is 111 Å². The van der Waals surface area contributed by atoms with Crippen molar-refractivity contribution >= 4 is 59.4 Å². The maximum absolute atomic E-state index is 14.8.